The molecule has 2 aromatic carbocycles. The van der Waals surface area contributed by atoms with E-state index in [1.54, 1.807) is 0 Å². The minimum absolute atomic E-state index is 0.00431. The van der Waals surface area contributed by atoms with Crippen LogP contribution in [0.5, 0.6) is 5.75 Å². The summed E-state index contributed by atoms with van der Waals surface area (Å²) in [5, 5.41) is 32.1. The molecule has 2 rings (SSSR count). The van der Waals surface area contributed by atoms with Crippen molar-refractivity contribution in [2.45, 2.75) is 12.3 Å². The molecule has 0 aliphatic rings. The Morgan fingerprint density at radius 2 is 1.79 bits per heavy atom. The Labute approximate surface area is 162 Å². The maximum absolute atomic E-state index is 13.0. The van der Waals surface area contributed by atoms with Crippen LogP contribution in [0.25, 0.3) is 0 Å². The van der Waals surface area contributed by atoms with Crippen molar-refractivity contribution in [3.63, 3.8) is 0 Å². The molecule has 0 aromatic heterocycles. The van der Waals surface area contributed by atoms with E-state index in [0.717, 1.165) is 30.3 Å². The summed E-state index contributed by atoms with van der Waals surface area (Å²) in [5.74, 6) is -0.456. The minimum Gasteiger partial charge on any atom is -0.490 e. The van der Waals surface area contributed by atoms with Gasteiger partial charge in [-0.2, -0.15) is 13.2 Å². The van der Waals surface area contributed by atoms with Crippen molar-refractivity contribution >= 4 is 17.1 Å². The third kappa shape index (κ3) is 5.54. The van der Waals surface area contributed by atoms with E-state index in [-0.39, 0.29) is 12.2 Å². The van der Waals surface area contributed by atoms with Gasteiger partial charge in [-0.05, 0) is 18.2 Å². The van der Waals surface area contributed by atoms with E-state index in [1.165, 1.54) is 24.1 Å². The first-order valence-corrected chi connectivity index (χ1v) is 8.11. The van der Waals surface area contributed by atoms with E-state index in [0.29, 0.717) is 0 Å². The van der Waals surface area contributed by atoms with Gasteiger partial charge in [0.25, 0.3) is 11.4 Å². The number of hydrogen-bond donors (Lipinski definition) is 1. The molecule has 0 fully saturated rings. The number of ether oxygens (including phenoxy) is 1. The molecule has 9 nitrogen and oxygen atoms in total. The molecule has 0 aliphatic carbocycles. The number of alkyl halides is 3. The number of likely N-dealkylation sites (N-methyl/N-ethyl adjacent to an activating group) is 1. The summed E-state index contributed by atoms with van der Waals surface area (Å²) in [5.41, 5.74) is -2.01. The average molecular weight is 415 g/mol. The van der Waals surface area contributed by atoms with Crippen LogP contribution in [0.3, 0.4) is 0 Å². The molecule has 29 heavy (non-hydrogen) atoms. The summed E-state index contributed by atoms with van der Waals surface area (Å²) in [6.07, 6.45) is -5.92. The van der Waals surface area contributed by atoms with Crippen molar-refractivity contribution in [1.29, 1.82) is 0 Å². The van der Waals surface area contributed by atoms with Gasteiger partial charge >= 0.3 is 6.18 Å². The zero-order chi connectivity index (χ0) is 21.8. The number of non-ortho nitro benzene ring substituents is 1. The fourth-order valence-electron chi connectivity index (χ4n) is 2.57. The molecule has 156 valence electrons. The molecule has 0 amide bonds. The van der Waals surface area contributed by atoms with Crippen molar-refractivity contribution < 1.29 is 32.9 Å². The zero-order valence-electron chi connectivity index (χ0n) is 15.0. The molecule has 0 aliphatic heterocycles. The molecule has 0 saturated heterocycles. The first-order chi connectivity index (χ1) is 13.5. The van der Waals surface area contributed by atoms with Gasteiger partial charge in [-0.25, -0.2) is 0 Å². The predicted molar refractivity (Wildman–Crippen MR) is 96.0 cm³/mol. The van der Waals surface area contributed by atoms with Gasteiger partial charge in [0.2, 0.25) is 0 Å². The lowest BCUT2D eigenvalue weighted by atomic mass is 10.2. The highest BCUT2D eigenvalue weighted by Crippen LogP contribution is 2.36. The number of halogens is 3. The van der Waals surface area contributed by atoms with Crippen molar-refractivity contribution in [3.8, 4) is 5.75 Å². The van der Waals surface area contributed by atoms with E-state index >= 15 is 0 Å². The molecular formula is C17H16F3N3O6. The van der Waals surface area contributed by atoms with E-state index in [9.17, 15) is 38.5 Å². The van der Waals surface area contributed by atoms with Crippen LogP contribution in [-0.4, -0.2) is 41.3 Å². The minimum atomic E-state index is -4.63. The first-order valence-electron chi connectivity index (χ1n) is 8.11. The van der Waals surface area contributed by atoms with Gasteiger partial charge in [-0.1, -0.05) is 12.1 Å². The summed E-state index contributed by atoms with van der Waals surface area (Å²) in [7, 11) is 1.39. The smallest absolute Gasteiger partial charge is 0.419 e. The maximum atomic E-state index is 13.0. The normalized spacial score (nSPS) is 12.3. The third-order valence-electron chi connectivity index (χ3n) is 3.89. The fourth-order valence-corrected chi connectivity index (χ4v) is 2.57. The van der Waals surface area contributed by atoms with E-state index < -0.39 is 51.4 Å². The number of anilines is 1. The quantitative estimate of drug-likeness (QED) is 0.518. The molecule has 1 N–H and O–H groups in total. The maximum Gasteiger partial charge on any atom is 0.419 e. The van der Waals surface area contributed by atoms with Crippen molar-refractivity contribution in [1.82, 2.24) is 0 Å². The van der Waals surface area contributed by atoms with E-state index in [2.05, 4.69) is 0 Å². The average Bonchev–Trinajstić information content (AvgIpc) is 2.65. The SMILES string of the molecule is CN(CC(O)COc1ccccc1C(F)(F)F)c1ccc([N+](=O)[O-])cc1[N+](=O)[O-]. The van der Waals surface area contributed by atoms with Crippen LogP contribution >= 0.6 is 0 Å². The Hall–Kier alpha value is -3.41. The van der Waals surface area contributed by atoms with Gasteiger partial charge in [0.05, 0.1) is 21.5 Å². The van der Waals surface area contributed by atoms with Crippen molar-refractivity contribution in [2.24, 2.45) is 0 Å². The fraction of sp³-hybridized carbons (Fsp3) is 0.294. The number of nitro benzene ring substituents is 2. The molecule has 0 saturated carbocycles. The van der Waals surface area contributed by atoms with Gasteiger partial charge in [0.1, 0.15) is 24.1 Å². The second-order valence-electron chi connectivity index (χ2n) is 6.03. The van der Waals surface area contributed by atoms with Crippen LogP contribution in [0.15, 0.2) is 42.5 Å². The monoisotopic (exact) mass is 415 g/mol. The summed E-state index contributed by atoms with van der Waals surface area (Å²) in [6, 6.07) is 7.52. The number of aliphatic hydroxyl groups excluding tert-OH is 1. The van der Waals surface area contributed by atoms with Crippen LogP contribution in [0.2, 0.25) is 0 Å². The molecular weight excluding hydrogens is 399 g/mol. The Bertz CT molecular complexity index is 906. The number of nitrogens with zero attached hydrogens (tertiary/aromatic N) is 3. The zero-order valence-corrected chi connectivity index (χ0v) is 15.0. The highest BCUT2D eigenvalue weighted by atomic mass is 19.4. The van der Waals surface area contributed by atoms with Gasteiger partial charge in [0.15, 0.2) is 0 Å². The second-order valence-corrected chi connectivity index (χ2v) is 6.03. The second kappa shape index (κ2) is 8.73. The third-order valence-corrected chi connectivity index (χ3v) is 3.89. The van der Waals surface area contributed by atoms with Crippen molar-refractivity contribution in [2.75, 3.05) is 25.1 Å². The highest BCUT2D eigenvalue weighted by molar-refractivity contribution is 5.66. The predicted octanol–water partition coefficient (Wildman–Crippen LogP) is 3.40. The first kappa shape index (κ1) is 21.9. The van der Waals surface area contributed by atoms with Gasteiger partial charge in [0, 0.05) is 19.7 Å². The summed E-state index contributed by atoms with van der Waals surface area (Å²) >= 11 is 0. The van der Waals surface area contributed by atoms with Gasteiger partial charge in [-0.15, -0.1) is 0 Å². The number of para-hydroxylation sites is 1. The molecule has 0 radical (unpaired) electrons. The summed E-state index contributed by atoms with van der Waals surface area (Å²) in [4.78, 5) is 21.6. The van der Waals surface area contributed by atoms with Crippen LogP contribution in [0, 0.1) is 20.2 Å². The highest BCUT2D eigenvalue weighted by Gasteiger charge is 2.34. The lowest BCUT2D eigenvalue weighted by molar-refractivity contribution is -0.393. The number of hydrogen-bond acceptors (Lipinski definition) is 7. The standard InChI is InChI=1S/C17H16F3N3O6/c1-21(14-7-6-11(22(25)26)8-15(14)23(27)28)9-12(24)10-29-16-5-3-2-4-13(16)17(18,19)20/h2-8,12,24H,9-10H2,1H3. The molecule has 1 atom stereocenters. The number of benzene rings is 2. The van der Waals surface area contributed by atoms with Crippen molar-refractivity contribution in [3.05, 3.63) is 68.3 Å². The van der Waals surface area contributed by atoms with Crippen LogP contribution in [0.4, 0.5) is 30.2 Å². The van der Waals surface area contributed by atoms with Gasteiger partial charge < -0.3 is 14.7 Å². The summed E-state index contributed by atoms with van der Waals surface area (Å²) in [6.45, 7) is -0.731. The number of nitro groups is 2. The topological polar surface area (TPSA) is 119 Å². The lowest BCUT2D eigenvalue weighted by Crippen LogP contribution is -2.33. The molecule has 0 spiro atoms. The van der Waals surface area contributed by atoms with E-state index in [4.69, 9.17) is 4.74 Å². The summed E-state index contributed by atoms with van der Waals surface area (Å²) < 4.78 is 43.9. The lowest BCUT2D eigenvalue weighted by Gasteiger charge is -2.23. The van der Waals surface area contributed by atoms with E-state index in [1.807, 2.05) is 0 Å². The Kier molecular flexibility index (Phi) is 6.59. The molecule has 1 unspecified atom stereocenters. The van der Waals surface area contributed by atoms with Gasteiger partial charge in [-0.3, -0.25) is 20.2 Å². The molecule has 0 heterocycles. The number of rotatable bonds is 8. The Morgan fingerprint density at radius 1 is 1.14 bits per heavy atom. The van der Waals surface area contributed by atoms with Crippen LogP contribution in [-0.2, 0) is 6.18 Å². The molecule has 12 heteroatoms. The Morgan fingerprint density at radius 3 is 2.38 bits per heavy atom. The Balaban J connectivity index is 2.10. The van der Waals surface area contributed by atoms with Crippen LogP contribution < -0.4 is 9.64 Å². The molecule has 0 bridgehead atoms. The van der Waals surface area contributed by atoms with Crippen LogP contribution in [0.1, 0.15) is 5.56 Å². The molecule has 2 aromatic rings. The largest absolute Gasteiger partial charge is 0.490 e. The number of aliphatic hydroxyl groups is 1.